The van der Waals surface area contributed by atoms with Crippen LogP contribution >= 0.6 is 11.6 Å². The van der Waals surface area contributed by atoms with Crippen molar-refractivity contribution in [1.82, 2.24) is 5.32 Å². The van der Waals surface area contributed by atoms with Crippen molar-refractivity contribution in [3.05, 3.63) is 47.4 Å². The molecule has 2 aromatic rings. The molecule has 0 aliphatic carbocycles. The molecule has 0 bridgehead atoms. The number of anilines is 1. The van der Waals surface area contributed by atoms with Crippen LogP contribution in [0.4, 0.5) is 5.69 Å². The summed E-state index contributed by atoms with van der Waals surface area (Å²) < 4.78 is 14.9. The SMILES string of the molecule is COc1ccc(Cl)cc1NC(=O)COC(=O)CCNC(=O)c1ccco1. The topological polar surface area (TPSA) is 107 Å². The number of benzene rings is 1. The van der Waals surface area contributed by atoms with Gasteiger partial charge in [-0.3, -0.25) is 14.4 Å². The number of ether oxygens (including phenoxy) is 2. The smallest absolute Gasteiger partial charge is 0.308 e. The van der Waals surface area contributed by atoms with Crippen molar-refractivity contribution in [2.75, 3.05) is 25.6 Å². The normalized spacial score (nSPS) is 10.1. The molecule has 0 saturated carbocycles. The zero-order valence-corrected chi connectivity index (χ0v) is 14.7. The standard InChI is InChI=1S/C17H17ClN2O6/c1-24-13-5-4-11(18)9-12(13)20-15(21)10-26-16(22)6-7-19-17(23)14-3-2-8-25-14/h2-5,8-9H,6-7,10H2,1H3,(H,19,23)(H,20,21). The summed E-state index contributed by atoms with van der Waals surface area (Å²) in [6, 6.07) is 7.82. The highest BCUT2D eigenvalue weighted by atomic mass is 35.5. The van der Waals surface area contributed by atoms with Gasteiger partial charge in [-0.25, -0.2) is 0 Å². The van der Waals surface area contributed by atoms with E-state index < -0.39 is 24.4 Å². The molecule has 2 rings (SSSR count). The second-order valence-electron chi connectivity index (χ2n) is 5.04. The van der Waals surface area contributed by atoms with Crippen molar-refractivity contribution < 1.29 is 28.3 Å². The fourth-order valence-electron chi connectivity index (χ4n) is 1.96. The fraction of sp³-hybridized carbons (Fsp3) is 0.235. The molecule has 1 heterocycles. The predicted octanol–water partition coefficient (Wildman–Crippen LogP) is 2.24. The Labute approximate surface area is 154 Å². The van der Waals surface area contributed by atoms with Crippen LogP contribution in [0.25, 0.3) is 0 Å². The predicted molar refractivity (Wildman–Crippen MR) is 93.3 cm³/mol. The summed E-state index contributed by atoms with van der Waals surface area (Å²) in [5.41, 5.74) is 0.367. The van der Waals surface area contributed by atoms with Gasteiger partial charge in [0.25, 0.3) is 11.8 Å². The number of halogens is 1. The van der Waals surface area contributed by atoms with Crippen LogP contribution in [0.5, 0.6) is 5.75 Å². The highest BCUT2D eigenvalue weighted by molar-refractivity contribution is 6.31. The molecule has 2 N–H and O–H groups in total. The van der Waals surface area contributed by atoms with Gasteiger partial charge >= 0.3 is 5.97 Å². The lowest BCUT2D eigenvalue weighted by Gasteiger charge is -2.11. The second-order valence-corrected chi connectivity index (χ2v) is 5.47. The van der Waals surface area contributed by atoms with E-state index in [1.807, 2.05) is 0 Å². The summed E-state index contributed by atoms with van der Waals surface area (Å²) in [5, 5.41) is 5.46. The molecule has 0 saturated heterocycles. The third kappa shape index (κ3) is 5.82. The molecular formula is C17H17ClN2O6. The number of nitrogens with one attached hydrogen (secondary N) is 2. The van der Waals surface area contributed by atoms with E-state index in [1.54, 1.807) is 18.2 Å². The van der Waals surface area contributed by atoms with Gasteiger partial charge in [0.1, 0.15) is 5.75 Å². The van der Waals surface area contributed by atoms with Crippen LogP contribution in [-0.2, 0) is 14.3 Å². The van der Waals surface area contributed by atoms with Crippen LogP contribution in [0.2, 0.25) is 5.02 Å². The van der Waals surface area contributed by atoms with Crippen LogP contribution in [0.3, 0.4) is 0 Å². The number of methoxy groups -OCH3 is 1. The molecule has 0 fully saturated rings. The highest BCUT2D eigenvalue weighted by Gasteiger charge is 2.12. The van der Waals surface area contributed by atoms with Crippen molar-refractivity contribution in [1.29, 1.82) is 0 Å². The van der Waals surface area contributed by atoms with Gasteiger partial charge < -0.3 is 24.5 Å². The Morgan fingerprint density at radius 2 is 2.04 bits per heavy atom. The summed E-state index contributed by atoms with van der Waals surface area (Å²) >= 11 is 5.87. The van der Waals surface area contributed by atoms with Crippen molar-refractivity contribution in [3.8, 4) is 5.75 Å². The largest absolute Gasteiger partial charge is 0.495 e. The van der Waals surface area contributed by atoms with E-state index >= 15 is 0 Å². The first-order valence-electron chi connectivity index (χ1n) is 7.60. The molecular weight excluding hydrogens is 364 g/mol. The van der Waals surface area contributed by atoms with Crippen LogP contribution < -0.4 is 15.4 Å². The van der Waals surface area contributed by atoms with Gasteiger partial charge in [0, 0.05) is 11.6 Å². The molecule has 0 unspecified atom stereocenters. The van der Waals surface area contributed by atoms with Gasteiger partial charge in [0.2, 0.25) is 0 Å². The van der Waals surface area contributed by atoms with Crippen molar-refractivity contribution >= 4 is 35.1 Å². The second kappa shape index (κ2) is 9.47. The Balaban J connectivity index is 1.71. The third-order valence-corrected chi connectivity index (χ3v) is 3.39. The molecule has 1 aromatic heterocycles. The van der Waals surface area contributed by atoms with E-state index in [0.717, 1.165) is 0 Å². The average Bonchev–Trinajstić information content (AvgIpc) is 3.15. The molecule has 26 heavy (non-hydrogen) atoms. The lowest BCUT2D eigenvalue weighted by atomic mass is 10.3. The monoisotopic (exact) mass is 380 g/mol. The quantitative estimate of drug-likeness (QED) is 0.680. The van der Waals surface area contributed by atoms with Gasteiger partial charge in [0.05, 0.1) is 25.5 Å². The fourth-order valence-corrected chi connectivity index (χ4v) is 2.13. The molecule has 0 atom stereocenters. The number of carbonyl (C=O) groups is 3. The minimum absolute atomic E-state index is 0.0576. The first kappa shape index (κ1) is 19.3. The van der Waals surface area contributed by atoms with E-state index in [4.69, 9.17) is 25.5 Å². The lowest BCUT2D eigenvalue weighted by molar-refractivity contribution is -0.147. The molecule has 0 radical (unpaired) electrons. The molecule has 9 heteroatoms. The Morgan fingerprint density at radius 3 is 2.73 bits per heavy atom. The molecule has 0 aliphatic heterocycles. The number of esters is 1. The summed E-state index contributed by atoms with van der Waals surface area (Å²) in [6.45, 7) is -0.414. The maximum absolute atomic E-state index is 11.9. The van der Waals surface area contributed by atoms with E-state index in [2.05, 4.69) is 10.6 Å². The molecule has 0 aliphatic rings. The van der Waals surface area contributed by atoms with Crippen molar-refractivity contribution in [2.24, 2.45) is 0 Å². The van der Waals surface area contributed by atoms with E-state index in [0.29, 0.717) is 16.5 Å². The van der Waals surface area contributed by atoms with Crippen LogP contribution in [0.1, 0.15) is 17.0 Å². The van der Waals surface area contributed by atoms with Crippen LogP contribution in [0.15, 0.2) is 41.0 Å². The van der Waals surface area contributed by atoms with Gasteiger partial charge in [-0.2, -0.15) is 0 Å². The van der Waals surface area contributed by atoms with Crippen LogP contribution in [0, 0.1) is 0 Å². The third-order valence-electron chi connectivity index (χ3n) is 3.16. The minimum Gasteiger partial charge on any atom is -0.495 e. The summed E-state index contributed by atoms with van der Waals surface area (Å²) in [4.78, 5) is 35.1. The first-order chi connectivity index (χ1) is 12.5. The summed E-state index contributed by atoms with van der Waals surface area (Å²) in [5.74, 6) is -1.03. The van der Waals surface area contributed by atoms with Crippen molar-refractivity contribution in [2.45, 2.75) is 6.42 Å². The number of furan rings is 1. The minimum atomic E-state index is -0.627. The Kier molecular flexibility index (Phi) is 7.04. The Bertz CT molecular complexity index is 776. The highest BCUT2D eigenvalue weighted by Crippen LogP contribution is 2.27. The molecule has 1 aromatic carbocycles. The summed E-state index contributed by atoms with van der Waals surface area (Å²) in [7, 11) is 1.45. The van der Waals surface area contributed by atoms with Gasteiger partial charge in [0.15, 0.2) is 12.4 Å². The number of amides is 2. The average molecular weight is 381 g/mol. The molecule has 138 valence electrons. The number of hydrogen-bond acceptors (Lipinski definition) is 6. The Morgan fingerprint density at radius 1 is 1.23 bits per heavy atom. The van der Waals surface area contributed by atoms with E-state index in [9.17, 15) is 14.4 Å². The number of rotatable bonds is 8. The van der Waals surface area contributed by atoms with Crippen LogP contribution in [-0.4, -0.2) is 38.0 Å². The Hall–Kier alpha value is -3.00. The van der Waals surface area contributed by atoms with Crippen molar-refractivity contribution in [3.63, 3.8) is 0 Å². The maximum Gasteiger partial charge on any atom is 0.308 e. The first-order valence-corrected chi connectivity index (χ1v) is 7.98. The van der Waals surface area contributed by atoms with Gasteiger partial charge in [-0.05, 0) is 30.3 Å². The molecule has 0 spiro atoms. The van der Waals surface area contributed by atoms with E-state index in [-0.39, 0.29) is 18.7 Å². The van der Waals surface area contributed by atoms with Gasteiger partial charge in [-0.15, -0.1) is 0 Å². The van der Waals surface area contributed by atoms with E-state index in [1.165, 1.54) is 25.5 Å². The number of hydrogen-bond donors (Lipinski definition) is 2. The summed E-state index contributed by atoms with van der Waals surface area (Å²) in [6.07, 6.45) is 1.29. The zero-order chi connectivity index (χ0) is 18.9. The van der Waals surface area contributed by atoms with Gasteiger partial charge in [-0.1, -0.05) is 11.6 Å². The molecule has 8 nitrogen and oxygen atoms in total. The lowest BCUT2D eigenvalue weighted by Crippen LogP contribution is -2.27. The molecule has 2 amide bonds. The zero-order valence-electron chi connectivity index (χ0n) is 13.9. The number of carbonyl (C=O) groups excluding carboxylic acids is 3. The maximum atomic E-state index is 11.9.